The van der Waals surface area contributed by atoms with Gasteiger partial charge in [0.2, 0.25) is 10.0 Å². The van der Waals surface area contributed by atoms with E-state index in [1.807, 2.05) is 4.57 Å². The van der Waals surface area contributed by atoms with Gasteiger partial charge >= 0.3 is 0 Å². The van der Waals surface area contributed by atoms with Crippen molar-refractivity contribution in [3.63, 3.8) is 0 Å². The van der Waals surface area contributed by atoms with Crippen LogP contribution in [0.5, 0.6) is 0 Å². The zero-order valence-electron chi connectivity index (χ0n) is 15.3. The summed E-state index contributed by atoms with van der Waals surface area (Å²) < 4.78 is 33.7. The van der Waals surface area contributed by atoms with Crippen molar-refractivity contribution in [3.8, 4) is 0 Å². The molecule has 1 aromatic heterocycles. The Bertz CT molecular complexity index is 1160. The zero-order chi connectivity index (χ0) is 19.2. The number of oxazole rings is 1. The van der Waals surface area contributed by atoms with Gasteiger partial charge in [0.25, 0.3) is 4.84 Å². The second kappa shape index (κ2) is 6.87. The summed E-state index contributed by atoms with van der Waals surface area (Å²) in [6.07, 6.45) is 0.986. The third-order valence-corrected chi connectivity index (χ3v) is 7.08. The van der Waals surface area contributed by atoms with Crippen LogP contribution in [-0.2, 0) is 29.7 Å². The van der Waals surface area contributed by atoms with Crippen molar-refractivity contribution in [2.24, 2.45) is 0 Å². The maximum absolute atomic E-state index is 12.5. The molecule has 2 aromatic carbocycles. The smallest absolute Gasteiger partial charge is 0.270 e. The fourth-order valence-electron chi connectivity index (χ4n) is 3.42. The first-order valence-electron chi connectivity index (χ1n) is 8.71. The normalized spacial score (nSPS) is 15.4. The summed E-state index contributed by atoms with van der Waals surface area (Å²) in [5, 5.41) is 0. The van der Waals surface area contributed by atoms with Crippen molar-refractivity contribution in [2.45, 2.75) is 24.5 Å². The average Bonchev–Trinajstić information content (AvgIpc) is 2.96. The van der Waals surface area contributed by atoms with Gasteiger partial charge in [-0.3, -0.25) is 9.47 Å². The second-order valence-corrected chi connectivity index (χ2v) is 9.43. The number of nitrogens with zero attached hydrogens (tertiary/aromatic N) is 3. The van der Waals surface area contributed by atoms with E-state index in [4.69, 9.17) is 16.6 Å². The molecule has 6 nitrogen and oxygen atoms in total. The van der Waals surface area contributed by atoms with E-state index >= 15 is 0 Å². The van der Waals surface area contributed by atoms with Crippen molar-refractivity contribution >= 4 is 33.3 Å². The summed E-state index contributed by atoms with van der Waals surface area (Å²) in [6, 6.07) is 13.3. The van der Waals surface area contributed by atoms with Crippen LogP contribution >= 0.6 is 12.2 Å². The topological polar surface area (TPSA) is 58.7 Å². The average molecular weight is 404 g/mol. The van der Waals surface area contributed by atoms with Crippen LogP contribution in [0.1, 0.15) is 11.1 Å². The van der Waals surface area contributed by atoms with Gasteiger partial charge in [-0.1, -0.05) is 24.3 Å². The number of fused-ring (bicyclic) bond motifs is 2. The van der Waals surface area contributed by atoms with E-state index in [1.165, 1.54) is 29.5 Å². The van der Waals surface area contributed by atoms with E-state index < -0.39 is 10.0 Å². The minimum Gasteiger partial charge on any atom is -0.429 e. The third-order valence-electron chi connectivity index (χ3n) is 4.97. The van der Waals surface area contributed by atoms with Gasteiger partial charge in [-0.05, 0) is 48.0 Å². The van der Waals surface area contributed by atoms with Crippen molar-refractivity contribution < 1.29 is 12.8 Å². The minimum absolute atomic E-state index is 0.230. The van der Waals surface area contributed by atoms with Crippen LogP contribution in [0.25, 0.3) is 11.1 Å². The molecule has 0 N–H and O–H groups in total. The van der Waals surface area contributed by atoms with Crippen molar-refractivity contribution in [2.75, 3.05) is 20.6 Å². The Kier molecular flexibility index (Phi) is 4.67. The Labute approximate surface area is 163 Å². The highest BCUT2D eigenvalue weighted by Gasteiger charge is 2.21. The highest BCUT2D eigenvalue weighted by Crippen LogP contribution is 2.25. The molecule has 142 valence electrons. The van der Waals surface area contributed by atoms with Gasteiger partial charge < -0.3 is 4.42 Å². The lowest BCUT2D eigenvalue weighted by Gasteiger charge is -2.28. The standard InChI is InChI=1S/C19H21N3O3S2/c1-20(2)27(23,24)16-7-8-18-17(11-16)22(19(26)25-18)13-21-10-9-14-5-3-4-6-15(14)12-21/h3-8,11H,9-10,12-13H2,1-2H3. The van der Waals surface area contributed by atoms with E-state index in [0.717, 1.165) is 19.5 Å². The van der Waals surface area contributed by atoms with Crippen molar-refractivity contribution in [1.82, 2.24) is 13.8 Å². The van der Waals surface area contributed by atoms with Gasteiger partial charge in [-0.2, -0.15) is 0 Å². The molecule has 0 bridgehead atoms. The minimum atomic E-state index is -3.52. The van der Waals surface area contributed by atoms with E-state index in [9.17, 15) is 8.42 Å². The number of rotatable bonds is 4. The molecule has 0 amide bonds. The Morgan fingerprint density at radius 3 is 2.63 bits per heavy atom. The van der Waals surface area contributed by atoms with E-state index in [0.29, 0.717) is 22.6 Å². The quantitative estimate of drug-likeness (QED) is 0.626. The Morgan fingerprint density at radius 2 is 1.89 bits per heavy atom. The van der Waals surface area contributed by atoms with Crippen LogP contribution in [-0.4, -0.2) is 42.8 Å². The number of sulfonamides is 1. The van der Waals surface area contributed by atoms with Crippen LogP contribution in [0.3, 0.4) is 0 Å². The summed E-state index contributed by atoms with van der Waals surface area (Å²) in [4.78, 5) is 2.87. The molecule has 0 atom stereocenters. The predicted octanol–water partition coefficient (Wildman–Crippen LogP) is 3.23. The molecule has 8 heteroatoms. The summed E-state index contributed by atoms with van der Waals surface area (Å²) >= 11 is 5.40. The van der Waals surface area contributed by atoms with Gasteiger partial charge in [-0.25, -0.2) is 12.7 Å². The van der Waals surface area contributed by atoms with E-state index in [2.05, 4.69) is 29.2 Å². The summed E-state index contributed by atoms with van der Waals surface area (Å²) in [6.45, 7) is 2.31. The molecule has 0 spiro atoms. The monoisotopic (exact) mass is 403 g/mol. The molecule has 1 aliphatic rings. The van der Waals surface area contributed by atoms with Gasteiger partial charge in [0.1, 0.15) is 0 Å². The highest BCUT2D eigenvalue weighted by molar-refractivity contribution is 7.89. The first kappa shape index (κ1) is 18.4. The van der Waals surface area contributed by atoms with Crippen LogP contribution in [0.2, 0.25) is 0 Å². The molecule has 0 fully saturated rings. The molecule has 0 saturated heterocycles. The van der Waals surface area contributed by atoms with Gasteiger partial charge in [0.15, 0.2) is 5.58 Å². The lowest BCUT2D eigenvalue weighted by molar-refractivity contribution is 0.198. The maximum Gasteiger partial charge on any atom is 0.270 e. The van der Waals surface area contributed by atoms with E-state index in [-0.39, 0.29) is 4.90 Å². The predicted molar refractivity (Wildman–Crippen MR) is 106 cm³/mol. The molecule has 1 aliphatic heterocycles. The lowest BCUT2D eigenvalue weighted by Crippen LogP contribution is -2.32. The van der Waals surface area contributed by atoms with Gasteiger partial charge in [0, 0.05) is 27.2 Å². The number of hydrogen-bond donors (Lipinski definition) is 0. The molecule has 0 saturated carbocycles. The molecule has 4 rings (SSSR count). The van der Waals surface area contributed by atoms with Crippen LogP contribution in [0, 0.1) is 4.84 Å². The third kappa shape index (κ3) is 3.34. The highest BCUT2D eigenvalue weighted by atomic mass is 32.2. The van der Waals surface area contributed by atoms with Crippen molar-refractivity contribution in [1.29, 1.82) is 0 Å². The number of aromatic nitrogens is 1. The molecule has 0 aliphatic carbocycles. The molecule has 2 heterocycles. The molecular weight excluding hydrogens is 382 g/mol. The molecule has 0 radical (unpaired) electrons. The molecule has 27 heavy (non-hydrogen) atoms. The SMILES string of the molecule is CN(C)S(=O)(=O)c1ccc2oc(=S)n(CN3CCc4ccccc4C3)c2c1. The van der Waals surface area contributed by atoms with Crippen LogP contribution in [0.15, 0.2) is 51.8 Å². The first-order chi connectivity index (χ1) is 12.9. The number of hydrogen-bond acceptors (Lipinski definition) is 5. The lowest BCUT2D eigenvalue weighted by atomic mass is 10.0. The Morgan fingerprint density at radius 1 is 1.15 bits per heavy atom. The summed E-state index contributed by atoms with van der Waals surface area (Å²) in [7, 11) is -0.477. The second-order valence-electron chi connectivity index (χ2n) is 6.93. The Balaban J connectivity index is 1.70. The largest absolute Gasteiger partial charge is 0.429 e. The van der Waals surface area contributed by atoms with Crippen molar-refractivity contribution in [3.05, 3.63) is 58.4 Å². The van der Waals surface area contributed by atoms with Crippen LogP contribution < -0.4 is 0 Å². The van der Waals surface area contributed by atoms with Gasteiger partial charge in [0.05, 0.1) is 17.1 Å². The van der Waals surface area contributed by atoms with Gasteiger partial charge in [-0.15, -0.1) is 0 Å². The van der Waals surface area contributed by atoms with Crippen LogP contribution in [0.4, 0.5) is 0 Å². The van der Waals surface area contributed by atoms with E-state index in [1.54, 1.807) is 18.2 Å². The fraction of sp³-hybridized carbons (Fsp3) is 0.316. The molecule has 0 unspecified atom stereocenters. The fourth-order valence-corrected chi connectivity index (χ4v) is 4.59. The molecular formula is C19H21N3O3S2. The number of benzene rings is 2. The maximum atomic E-state index is 12.5. The zero-order valence-corrected chi connectivity index (χ0v) is 16.9. The molecule has 3 aromatic rings. The summed E-state index contributed by atoms with van der Waals surface area (Å²) in [5.41, 5.74) is 3.99. The Hall–Kier alpha value is -2.00. The summed E-state index contributed by atoms with van der Waals surface area (Å²) in [5.74, 6) is 0. The first-order valence-corrected chi connectivity index (χ1v) is 10.6.